The summed E-state index contributed by atoms with van der Waals surface area (Å²) in [6, 6.07) is 5.04. The predicted molar refractivity (Wildman–Crippen MR) is 68.8 cm³/mol. The molecule has 0 aliphatic heterocycles. The zero-order chi connectivity index (χ0) is 13.4. The maximum atomic E-state index is 11.7. The molecule has 0 saturated carbocycles. The van der Waals surface area contributed by atoms with E-state index in [1.54, 1.807) is 25.3 Å². The summed E-state index contributed by atoms with van der Waals surface area (Å²) >= 11 is 0. The van der Waals surface area contributed by atoms with Gasteiger partial charge in [0, 0.05) is 7.11 Å². The van der Waals surface area contributed by atoms with Gasteiger partial charge in [-0.2, -0.15) is 0 Å². The first-order valence-electron chi connectivity index (χ1n) is 5.88. The first kappa shape index (κ1) is 14.3. The number of esters is 1. The SMILES string of the molecule is CCCOC(=O)c1cccc(OCCOC)c1N. The highest BCUT2D eigenvalue weighted by molar-refractivity contribution is 5.96. The van der Waals surface area contributed by atoms with Crippen molar-refractivity contribution >= 4 is 11.7 Å². The average molecular weight is 253 g/mol. The Morgan fingerprint density at radius 2 is 2.06 bits per heavy atom. The van der Waals surface area contributed by atoms with Crippen LogP contribution in [0.15, 0.2) is 18.2 Å². The first-order valence-corrected chi connectivity index (χ1v) is 5.88. The van der Waals surface area contributed by atoms with Crippen LogP contribution in [0, 0.1) is 0 Å². The second-order valence-corrected chi connectivity index (χ2v) is 3.69. The van der Waals surface area contributed by atoms with Crippen molar-refractivity contribution in [1.82, 2.24) is 0 Å². The lowest BCUT2D eigenvalue weighted by Crippen LogP contribution is -2.11. The third kappa shape index (κ3) is 3.92. The molecule has 0 saturated heterocycles. The van der Waals surface area contributed by atoms with Gasteiger partial charge < -0.3 is 19.9 Å². The number of hydrogen-bond donors (Lipinski definition) is 1. The Hall–Kier alpha value is -1.75. The fraction of sp³-hybridized carbons (Fsp3) is 0.462. The summed E-state index contributed by atoms with van der Waals surface area (Å²) in [5.74, 6) is 0.0459. The number of nitrogen functional groups attached to an aromatic ring is 1. The van der Waals surface area contributed by atoms with Crippen molar-refractivity contribution in [2.75, 3.05) is 32.7 Å². The van der Waals surface area contributed by atoms with Crippen molar-refractivity contribution in [3.8, 4) is 5.75 Å². The summed E-state index contributed by atoms with van der Waals surface area (Å²) in [5.41, 5.74) is 6.50. The van der Waals surface area contributed by atoms with Gasteiger partial charge in [0.05, 0.1) is 24.5 Å². The van der Waals surface area contributed by atoms with Crippen molar-refractivity contribution in [3.63, 3.8) is 0 Å². The van der Waals surface area contributed by atoms with E-state index in [0.717, 1.165) is 6.42 Å². The number of nitrogens with two attached hydrogens (primary N) is 1. The molecule has 0 aromatic heterocycles. The zero-order valence-corrected chi connectivity index (χ0v) is 10.8. The van der Waals surface area contributed by atoms with Crippen molar-refractivity contribution < 1.29 is 19.0 Å². The van der Waals surface area contributed by atoms with E-state index in [-0.39, 0.29) is 0 Å². The summed E-state index contributed by atoms with van der Waals surface area (Å²) in [7, 11) is 1.59. The maximum Gasteiger partial charge on any atom is 0.340 e. The summed E-state index contributed by atoms with van der Waals surface area (Å²) in [6.07, 6.45) is 0.773. The summed E-state index contributed by atoms with van der Waals surface area (Å²) in [6.45, 7) is 3.16. The standard InChI is InChI=1S/C13H19NO4/c1-3-7-18-13(15)10-5-4-6-11(12(10)14)17-9-8-16-2/h4-6H,3,7-9,14H2,1-2H3. The van der Waals surface area contributed by atoms with Gasteiger partial charge in [-0.1, -0.05) is 13.0 Å². The monoisotopic (exact) mass is 253 g/mol. The molecule has 0 fully saturated rings. The van der Waals surface area contributed by atoms with Crippen molar-refractivity contribution in [1.29, 1.82) is 0 Å². The van der Waals surface area contributed by atoms with Gasteiger partial charge >= 0.3 is 5.97 Å². The molecule has 0 aliphatic carbocycles. The van der Waals surface area contributed by atoms with E-state index in [0.29, 0.717) is 36.8 Å². The molecule has 0 radical (unpaired) electrons. The topological polar surface area (TPSA) is 70.8 Å². The van der Waals surface area contributed by atoms with Crippen LogP contribution < -0.4 is 10.5 Å². The van der Waals surface area contributed by atoms with Crippen LogP contribution in [0.25, 0.3) is 0 Å². The van der Waals surface area contributed by atoms with E-state index in [2.05, 4.69) is 0 Å². The van der Waals surface area contributed by atoms with Gasteiger partial charge in [-0.05, 0) is 18.6 Å². The third-order valence-corrected chi connectivity index (χ3v) is 2.27. The Morgan fingerprint density at radius 1 is 1.28 bits per heavy atom. The van der Waals surface area contributed by atoms with Gasteiger partial charge in [-0.15, -0.1) is 0 Å². The smallest absolute Gasteiger partial charge is 0.340 e. The molecule has 18 heavy (non-hydrogen) atoms. The van der Waals surface area contributed by atoms with Gasteiger partial charge in [0.15, 0.2) is 0 Å². The van der Waals surface area contributed by atoms with E-state index in [1.165, 1.54) is 0 Å². The number of carbonyl (C=O) groups is 1. The largest absolute Gasteiger partial charge is 0.489 e. The summed E-state index contributed by atoms with van der Waals surface area (Å²) in [5, 5.41) is 0. The average Bonchev–Trinajstić information content (AvgIpc) is 2.38. The van der Waals surface area contributed by atoms with Crippen LogP contribution in [-0.2, 0) is 9.47 Å². The maximum absolute atomic E-state index is 11.7. The Morgan fingerprint density at radius 3 is 2.72 bits per heavy atom. The molecule has 1 aromatic carbocycles. The van der Waals surface area contributed by atoms with Crippen LogP contribution >= 0.6 is 0 Å². The Bertz CT molecular complexity index is 393. The van der Waals surface area contributed by atoms with Crippen LogP contribution in [0.2, 0.25) is 0 Å². The normalized spacial score (nSPS) is 10.1. The van der Waals surface area contributed by atoms with Gasteiger partial charge in [-0.25, -0.2) is 4.79 Å². The fourth-order valence-corrected chi connectivity index (χ4v) is 1.36. The highest BCUT2D eigenvalue weighted by Crippen LogP contribution is 2.25. The van der Waals surface area contributed by atoms with Crippen molar-refractivity contribution in [3.05, 3.63) is 23.8 Å². The number of benzene rings is 1. The van der Waals surface area contributed by atoms with E-state index >= 15 is 0 Å². The molecule has 5 nitrogen and oxygen atoms in total. The number of methoxy groups -OCH3 is 1. The minimum atomic E-state index is -0.424. The molecule has 1 aromatic rings. The van der Waals surface area contributed by atoms with Crippen molar-refractivity contribution in [2.45, 2.75) is 13.3 Å². The lowest BCUT2D eigenvalue weighted by molar-refractivity contribution is 0.0506. The van der Waals surface area contributed by atoms with Crippen molar-refractivity contribution in [2.24, 2.45) is 0 Å². The van der Waals surface area contributed by atoms with Crippen LogP contribution in [0.5, 0.6) is 5.75 Å². The lowest BCUT2D eigenvalue weighted by Gasteiger charge is -2.11. The molecule has 0 aliphatic rings. The summed E-state index contributed by atoms with van der Waals surface area (Å²) in [4.78, 5) is 11.7. The molecule has 0 heterocycles. The molecular formula is C13H19NO4. The quantitative estimate of drug-likeness (QED) is 0.456. The molecule has 2 N–H and O–H groups in total. The molecule has 100 valence electrons. The second kappa shape index (κ2) is 7.55. The fourth-order valence-electron chi connectivity index (χ4n) is 1.36. The zero-order valence-electron chi connectivity index (χ0n) is 10.8. The molecule has 0 amide bonds. The Balaban J connectivity index is 2.74. The minimum Gasteiger partial charge on any atom is -0.489 e. The second-order valence-electron chi connectivity index (χ2n) is 3.69. The van der Waals surface area contributed by atoms with E-state index in [1.807, 2.05) is 6.92 Å². The molecule has 1 rings (SSSR count). The number of carbonyl (C=O) groups excluding carboxylic acids is 1. The number of rotatable bonds is 7. The highest BCUT2D eigenvalue weighted by atomic mass is 16.5. The molecule has 0 unspecified atom stereocenters. The van der Waals surface area contributed by atoms with Crippen LogP contribution in [-0.4, -0.2) is 32.9 Å². The molecule has 0 spiro atoms. The summed E-state index contributed by atoms with van der Waals surface area (Å²) < 4.78 is 15.3. The lowest BCUT2D eigenvalue weighted by atomic mass is 10.1. The van der Waals surface area contributed by atoms with E-state index in [9.17, 15) is 4.79 Å². The highest BCUT2D eigenvalue weighted by Gasteiger charge is 2.14. The third-order valence-electron chi connectivity index (χ3n) is 2.27. The molecule has 0 atom stereocenters. The van der Waals surface area contributed by atoms with Gasteiger partial charge in [0.2, 0.25) is 0 Å². The van der Waals surface area contributed by atoms with Gasteiger partial charge in [-0.3, -0.25) is 0 Å². The number of para-hydroxylation sites is 1. The van der Waals surface area contributed by atoms with E-state index < -0.39 is 5.97 Å². The van der Waals surface area contributed by atoms with E-state index in [4.69, 9.17) is 19.9 Å². The first-order chi connectivity index (χ1) is 8.70. The minimum absolute atomic E-state index is 0.301. The number of hydrogen-bond acceptors (Lipinski definition) is 5. The Kier molecular flexibility index (Phi) is 6.00. The molecule has 5 heteroatoms. The van der Waals surface area contributed by atoms with Crippen LogP contribution in [0.3, 0.4) is 0 Å². The van der Waals surface area contributed by atoms with Gasteiger partial charge in [0.1, 0.15) is 12.4 Å². The van der Waals surface area contributed by atoms with Crippen LogP contribution in [0.1, 0.15) is 23.7 Å². The Labute approximate surface area is 107 Å². The van der Waals surface area contributed by atoms with Crippen LogP contribution in [0.4, 0.5) is 5.69 Å². The number of ether oxygens (including phenoxy) is 3. The van der Waals surface area contributed by atoms with Gasteiger partial charge in [0.25, 0.3) is 0 Å². The number of anilines is 1. The predicted octanol–water partition coefficient (Wildman–Crippen LogP) is 1.86. The molecular weight excluding hydrogens is 234 g/mol. The molecule has 0 bridgehead atoms.